The van der Waals surface area contributed by atoms with Crippen molar-refractivity contribution in [1.29, 1.82) is 0 Å². The van der Waals surface area contributed by atoms with Crippen molar-refractivity contribution in [2.45, 2.75) is 231 Å². The summed E-state index contributed by atoms with van der Waals surface area (Å²) >= 11 is 0. The van der Waals surface area contributed by atoms with Gasteiger partial charge in [0.1, 0.15) is 12.6 Å². The van der Waals surface area contributed by atoms with Crippen LogP contribution in [0.1, 0.15) is 219 Å². The van der Waals surface area contributed by atoms with Gasteiger partial charge in [0, 0.05) is 12.8 Å². The molecule has 0 bridgehead atoms. The summed E-state index contributed by atoms with van der Waals surface area (Å²) in [4.78, 5) is 46.0. The van der Waals surface area contributed by atoms with Crippen molar-refractivity contribution in [2.24, 2.45) is 5.73 Å². The van der Waals surface area contributed by atoms with Crippen molar-refractivity contribution in [3.05, 3.63) is 24.3 Å². The number of phosphoric acid groups is 1. The molecule has 58 heavy (non-hydrogen) atoms. The fourth-order valence-electron chi connectivity index (χ4n) is 6.51. The Balaban J connectivity index is 4.22. The molecule has 0 aliphatic carbocycles. The van der Waals surface area contributed by atoms with Crippen molar-refractivity contribution >= 4 is 25.7 Å². The Morgan fingerprint density at radius 3 is 1.34 bits per heavy atom. The van der Waals surface area contributed by atoms with E-state index in [1.54, 1.807) is 0 Å². The van der Waals surface area contributed by atoms with E-state index in [9.17, 15) is 23.8 Å². The number of carboxylic acids is 1. The number of unbranched alkanes of at least 4 members (excludes halogenated alkanes) is 26. The van der Waals surface area contributed by atoms with E-state index in [4.69, 9.17) is 24.8 Å². The van der Waals surface area contributed by atoms with E-state index < -0.39 is 51.1 Å². The number of hydrogen-bond acceptors (Lipinski definition) is 9. The number of allylic oxidation sites excluding steroid dienone is 4. The van der Waals surface area contributed by atoms with E-state index in [0.717, 1.165) is 44.9 Å². The molecule has 0 aromatic rings. The Kier molecular flexibility index (Phi) is 40.2. The van der Waals surface area contributed by atoms with E-state index in [2.05, 4.69) is 42.7 Å². The fraction of sp³-hybridized carbons (Fsp3) is 0.848. The van der Waals surface area contributed by atoms with Gasteiger partial charge in [0.2, 0.25) is 0 Å². The molecule has 0 spiro atoms. The van der Waals surface area contributed by atoms with E-state index in [1.807, 2.05) is 0 Å². The maximum Gasteiger partial charge on any atom is 0.472 e. The molecule has 4 N–H and O–H groups in total. The highest BCUT2D eigenvalue weighted by molar-refractivity contribution is 7.47. The van der Waals surface area contributed by atoms with Crippen LogP contribution in [0.2, 0.25) is 0 Å². The second-order valence-corrected chi connectivity index (χ2v) is 17.3. The van der Waals surface area contributed by atoms with Crippen molar-refractivity contribution in [3.8, 4) is 0 Å². The van der Waals surface area contributed by atoms with Crippen LogP contribution in [0.4, 0.5) is 0 Å². The van der Waals surface area contributed by atoms with Gasteiger partial charge < -0.3 is 25.2 Å². The summed E-state index contributed by atoms with van der Waals surface area (Å²) in [5.74, 6) is -2.37. The smallest absolute Gasteiger partial charge is 0.472 e. The predicted octanol–water partition coefficient (Wildman–Crippen LogP) is 12.6. The fourth-order valence-corrected chi connectivity index (χ4v) is 7.29. The zero-order chi connectivity index (χ0) is 42.8. The van der Waals surface area contributed by atoms with Gasteiger partial charge >= 0.3 is 25.7 Å². The van der Waals surface area contributed by atoms with Crippen molar-refractivity contribution in [3.63, 3.8) is 0 Å². The predicted molar refractivity (Wildman–Crippen MR) is 236 cm³/mol. The first-order valence-corrected chi connectivity index (χ1v) is 24.9. The summed E-state index contributed by atoms with van der Waals surface area (Å²) in [6.45, 7) is 2.80. The zero-order valence-electron chi connectivity index (χ0n) is 36.9. The van der Waals surface area contributed by atoms with Crippen LogP contribution in [0.15, 0.2) is 24.3 Å². The van der Waals surface area contributed by atoms with Crippen LogP contribution in [0.5, 0.6) is 0 Å². The molecule has 0 aromatic carbocycles. The van der Waals surface area contributed by atoms with Crippen molar-refractivity contribution < 1.29 is 47.5 Å². The monoisotopic (exact) mass is 844 g/mol. The minimum absolute atomic E-state index is 0.162. The number of esters is 2. The third-order valence-corrected chi connectivity index (χ3v) is 11.2. The van der Waals surface area contributed by atoms with Crippen molar-refractivity contribution in [2.75, 3.05) is 19.8 Å². The Bertz CT molecular complexity index is 1080. The third kappa shape index (κ3) is 40.7. The molecule has 0 rings (SSSR count). The molecule has 0 aliphatic heterocycles. The lowest BCUT2D eigenvalue weighted by molar-refractivity contribution is -0.161. The highest BCUT2D eigenvalue weighted by Gasteiger charge is 2.28. The molecular formula is C46H86NO10P. The summed E-state index contributed by atoms with van der Waals surface area (Å²) in [7, 11) is -4.71. The van der Waals surface area contributed by atoms with Gasteiger partial charge in [0.05, 0.1) is 13.2 Å². The number of hydrogen-bond donors (Lipinski definition) is 3. The van der Waals surface area contributed by atoms with E-state index >= 15 is 0 Å². The number of carboxylic acid groups (broad SMARTS) is 1. The topological polar surface area (TPSA) is 172 Å². The van der Waals surface area contributed by atoms with Gasteiger partial charge in [-0.2, -0.15) is 0 Å². The SMILES string of the molecule is CCCCCCC/C=C\C/C=C\CCCCCCCCCCCCCC(=O)OC(COC(=O)CCCCCCCCCCCCC)COP(=O)(O)OCC(N)C(=O)O. The molecule has 0 radical (unpaired) electrons. The summed E-state index contributed by atoms with van der Waals surface area (Å²) in [5, 5.41) is 8.89. The molecular weight excluding hydrogens is 757 g/mol. The molecule has 3 unspecified atom stereocenters. The maximum atomic E-state index is 12.6. The minimum atomic E-state index is -4.71. The average molecular weight is 844 g/mol. The van der Waals surface area contributed by atoms with E-state index in [1.165, 1.54) is 135 Å². The van der Waals surface area contributed by atoms with Crippen LogP contribution >= 0.6 is 7.82 Å². The molecule has 0 aromatic heterocycles. The highest BCUT2D eigenvalue weighted by atomic mass is 31.2. The third-order valence-electron chi connectivity index (χ3n) is 10.2. The number of nitrogens with two attached hydrogens (primary N) is 1. The summed E-state index contributed by atoms with van der Waals surface area (Å²) in [6.07, 6.45) is 43.9. The Morgan fingerprint density at radius 2 is 0.914 bits per heavy atom. The quantitative estimate of drug-likeness (QED) is 0.0231. The number of aliphatic carboxylic acids is 1. The lowest BCUT2D eigenvalue weighted by Crippen LogP contribution is -2.34. The summed E-state index contributed by atoms with van der Waals surface area (Å²) in [5.41, 5.74) is 5.34. The Labute approximate surface area is 353 Å². The first-order valence-electron chi connectivity index (χ1n) is 23.4. The number of ether oxygens (including phenoxy) is 2. The van der Waals surface area contributed by atoms with E-state index in [-0.39, 0.29) is 19.4 Å². The Hall–Kier alpha value is -2.04. The van der Waals surface area contributed by atoms with Crippen LogP contribution in [-0.4, -0.2) is 59.9 Å². The highest BCUT2D eigenvalue weighted by Crippen LogP contribution is 2.43. The van der Waals surface area contributed by atoms with Crippen molar-refractivity contribution in [1.82, 2.24) is 0 Å². The van der Waals surface area contributed by atoms with Gasteiger partial charge in [-0.3, -0.25) is 23.4 Å². The molecule has 3 atom stereocenters. The zero-order valence-corrected chi connectivity index (χ0v) is 37.8. The van der Waals surface area contributed by atoms with Crippen LogP contribution in [0.3, 0.4) is 0 Å². The van der Waals surface area contributed by atoms with Gasteiger partial charge in [-0.1, -0.05) is 186 Å². The van der Waals surface area contributed by atoms with Crippen LogP contribution in [-0.2, 0) is 37.5 Å². The van der Waals surface area contributed by atoms with Gasteiger partial charge in [0.15, 0.2) is 6.10 Å². The molecule has 0 saturated carbocycles. The van der Waals surface area contributed by atoms with Gasteiger partial charge in [0.25, 0.3) is 0 Å². The summed E-state index contributed by atoms with van der Waals surface area (Å²) < 4.78 is 32.7. The largest absolute Gasteiger partial charge is 0.480 e. The van der Waals surface area contributed by atoms with Gasteiger partial charge in [-0.25, -0.2) is 4.57 Å². The van der Waals surface area contributed by atoms with Crippen LogP contribution in [0.25, 0.3) is 0 Å². The first kappa shape index (κ1) is 56.0. The molecule has 12 heteroatoms. The lowest BCUT2D eigenvalue weighted by atomic mass is 10.0. The molecule has 0 saturated heterocycles. The average Bonchev–Trinajstić information content (AvgIpc) is 3.20. The lowest BCUT2D eigenvalue weighted by Gasteiger charge is -2.20. The normalized spacial score (nSPS) is 13.9. The first-order chi connectivity index (χ1) is 28.1. The molecule has 0 fully saturated rings. The molecule has 340 valence electrons. The standard InChI is InChI=1S/C46H86NO10P/c1-3-5-7-9-11-13-15-16-17-18-19-20-21-22-23-24-25-26-28-30-32-34-36-38-45(49)57-42(40-55-58(52,53)56-41-43(47)46(50)51)39-54-44(48)37-35-33-31-29-27-14-12-10-8-6-4-2/h15-16,18-19,42-43H,3-14,17,20-41,47H2,1-2H3,(H,50,51)(H,52,53)/b16-15-,19-18-. The molecule has 0 heterocycles. The van der Waals surface area contributed by atoms with Gasteiger partial charge in [-0.05, 0) is 44.9 Å². The summed E-state index contributed by atoms with van der Waals surface area (Å²) in [6, 6.07) is -1.52. The number of rotatable bonds is 44. The van der Waals surface area contributed by atoms with Gasteiger partial charge in [-0.15, -0.1) is 0 Å². The Morgan fingerprint density at radius 1 is 0.534 bits per heavy atom. The molecule has 0 aliphatic rings. The van der Waals surface area contributed by atoms with E-state index in [0.29, 0.717) is 12.8 Å². The maximum absolute atomic E-state index is 12.6. The van der Waals surface area contributed by atoms with Crippen LogP contribution < -0.4 is 5.73 Å². The minimum Gasteiger partial charge on any atom is -0.480 e. The number of carbonyl (C=O) groups is 3. The molecule has 11 nitrogen and oxygen atoms in total. The molecule has 0 amide bonds. The number of phosphoric ester groups is 1. The second-order valence-electron chi connectivity index (χ2n) is 15.9. The number of carbonyl (C=O) groups excluding carboxylic acids is 2. The second kappa shape index (κ2) is 41.7. The van der Waals surface area contributed by atoms with Crippen LogP contribution in [0, 0.1) is 0 Å².